The molecule has 4 rings (SSSR count). The summed E-state index contributed by atoms with van der Waals surface area (Å²) in [5.41, 5.74) is -0.123. The number of rotatable bonds is 4. The third-order valence-electron chi connectivity index (χ3n) is 5.36. The smallest absolute Gasteiger partial charge is 0.229 e. The molecule has 0 aliphatic carbocycles. The van der Waals surface area contributed by atoms with E-state index < -0.39 is 47.6 Å². The molecule has 2 aromatic carbocycles. The van der Waals surface area contributed by atoms with Gasteiger partial charge in [0.1, 0.15) is 40.8 Å². The molecule has 32 heavy (non-hydrogen) atoms. The Hall–Kier alpha value is -3.31. The van der Waals surface area contributed by atoms with Gasteiger partial charge >= 0.3 is 0 Å². The summed E-state index contributed by atoms with van der Waals surface area (Å²) in [5, 5.41) is 50.4. The highest BCUT2D eigenvalue weighted by atomic mass is 16.7. The van der Waals surface area contributed by atoms with Crippen LogP contribution in [-0.4, -0.2) is 63.3 Å². The minimum atomic E-state index is -1.64. The number of aliphatic hydroxyl groups is 3. The lowest BCUT2D eigenvalue weighted by Gasteiger charge is -2.38. The lowest BCUT2D eigenvalue weighted by Crippen LogP contribution is -2.58. The maximum Gasteiger partial charge on any atom is 0.229 e. The first-order valence-electron chi connectivity index (χ1n) is 9.74. The minimum Gasteiger partial charge on any atom is -0.504 e. The maximum absolute atomic E-state index is 12.6. The van der Waals surface area contributed by atoms with E-state index in [9.17, 15) is 30.3 Å². The van der Waals surface area contributed by atoms with Crippen LogP contribution in [0.4, 0.5) is 0 Å². The van der Waals surface area contributed by atoms with Gasteiger partial charge in [-0.05, 0) is 31.2 Å². The predicted octanol–water partition coefficient (Wildman–Crippen LogP) is 1.09. The number of hydrogen-bond acceptors (Lipinski definition) is 10. The normalized spacial score (nSPS) is 25.6. The highest BCUT2D eigenvalue weighted by Gasteiger charge is 2.43. The Labute approximate surface area is 181 Å². The van der Waals surface area contributed by atoms with Gasteiger partial charge in [-0.15, -0.1) is 0 Å². The minimum absolute atomic E-state index is 0.0902. The third-order valence-corrected chi connectivity index (χ3v) is 5.36. The van der Waals surface area contributed by atoms with Gasteiger partial charge in [0.25, 0.3) is 0 Å². The van der Waals surface area contributed by atoms with Gasteiger partial charge < -0.3 is 44.2 Å². The second kappa shape index (κ2) is 8.32. The summed E-state index contributed by atoms with van der Waals surface area (Å²) in [6.45, 7) is 1.47. The highest BCUT2D eigenvalue weighted by molar-refractivity contribution is 5.89. The number of aliphatic hydroxyl groups excluding tert-OH is 3. The first kappa shape index (κ1) is 21.9. The number of hydrogen-bond donors (Lipinski definition) is 5. The van der Waals surface area contributed by atoms with Crippen LogP contribution in [-0.2, 0) is 4.74 Å². The molecule has 10 nitrogen and oxygen atoms in total. The van der Waals surface area contributed by atoms with Crippen molar-refractivity contribution in [3.63, 3.8) is 0 Å². The topological polar surface area (TPSA) is 159 Å². The molecule has 1 aromatic heterocycles. The maximum atomic E-state index is 12.6. The summed E-state index contributed by atoms with van der Waals surface area (Å²) in [6.07, 6.45) is -6.89. The number of phenols is 2. The van der Waals surface area contributed by atoms with E-state index in [0.29, 0.717) is 11.3 Å². The zero-order valence-corrected chi connectivity index (χ0v) is 17.1. The molecule has 170 valence electrons. The molecule has 3 aromatic rings. The van der Waals surface area contributed by atoms with Crippen LogP contribution in [0.3, 0.4) is 0 Å². The second-order valence-electron chi connectivity index (χ2n) is 7.45. The lowest BCUT2D eigenvalue weighted by atomic mass is 10.00. The first-order chi connectivity index (χ1) is 15.2. The molecule has 0 bridgehead atoms. The van der Waals surface area contributed by atoms with Crippen LogP contribution >= 0.6 is 0 Å². The van der Waals surface area contributed by atoms with Crippen molar-refractivity contribution in [1.29, 1.82) is 0 Å². The molecule has 2 heterocycles. The van der Waals surface area contributed by atoms with E-state index in [4.69, 9.17) is 18.6 Å². The van der Waals surface area contributed by atoms with E-state index in [1.54, 1.807) is 24.3 Å². The molecule has 0 radical (unpaired) electrons. The van der Waals surface area contributed by atoms with Crippen LogP contribution in [0.15, 0.2) is 45.6 Å². The van der Waals surface area contributed by atoms with Gasteiger partial charge in [-0.25, -0.2) is 0 Å². The van der Waals surface area contributed by atoms with E-state index in [1.807, 2.05) is 0 Å². The summed E-state index contributed by atoms with van der Waals surface area (Å²) in [5.74, 6) is -1.09. The lowest BCUT2D eigenvalue weighted by molar-refractivity contribution is -0.268. The Bertz CT molecular complexity index is 1190. The largest absolute Gasteiger partial charge is 0.504 e. The van der Waals surface area contributed by atoms with E-state index in [2.05, 4.69) is 0 Å². The molecular weight excluding hydrogens is 424 g/mol. The van der Waals surface area contributed by atoms with Crippen molar-refractivity contribution in [3.05, 3.63) is 46.6 Å². The number of methoxy groups -OCH3 is 1. The van der Waals surface area contributed by atoms with Crippen LogP contribution in [0.2, 0.25) is 0 Å². The highest BCUT2D eigenvalue weighted by Crippen LogP contribution is 2.42. The summed E-state index contributed by atoms with van der Waals surface area (Å²) < 4.78 is 21.7. The van der Waals surface area contributed by atoms with Crippen LogP contribution in [0.25, 0.3) is 22.3 Å². The van der Waals surface area contributed by atoms with Crippen LogP contribution in [0.5, 0.6) is 23.0 Å². The Morgan fingerprint density at radius 2 is 1.62 bits per heavy atom. The molecule has 0 saturated carbocycles. The van der Waals surface area contributed by atoms with Crippen LogP contribution < -0.4 is 14.9 Å². The van der Waals surface area contributed by atoms with Crippen molar-refractivity contribution in [2.24, 2.45) is 0 Å². The summed E-state index contributed by atoms with van der Waals surface area (Å²) >= 11 is 0. The van der Waals surface area contributed by atoms with Crippen LogP contribution in [0, 0.1) is 0 Å². The van der Waals surface area contributed by atoms with Gasteiger partial charge in [-0.2, -0.15) is 0 Å². The van der Waals surface area contributed by atoms with Gasteiger partial charge in [0.2, 0.25) is 12.0 Å². The fraction of sp³-hybridized carbons (Fsp3) is 0.318. The molecule has 5 atom stereocenters. The van der Waals surface area contributed by atoms with Gasteiger partial charge in [-0.3, -0.25) is 4.79 Å². The third kappa shape index (κ3) is 3.73. The number of fused-ring (bicyclic) bond motifs is 1. The van der Waals surface area contributed by atoms with Crippen molar-refractivity contribution < 1.29 is 44.2 Å². The average molecular weight is 446 g/mol. The Morgan fingerprint density at radius 3 is 2.28 bits per heavy atom. The SMILES string of the molecule is COc1ccc(-c2cc(=O)c3c(O)c(O)c(OC4OC(C)C(O)C(O)C4O)cc3o2)cc1. The van der Waals surface area contributed by atoms with Gasteiger partial charge in [-0.1, -0.05) is 0 Å². The molecule has 5 unspecified atom stereocenters. The predicted molar refractivity (Wildman–Crippen MR) is 111 cm³/mol. The molecule has 1 fully saturated rings. The van der Waals surface area contributed by atoms with E-state index in [1.165, 1.54) is 20.1 Å². The quantitative estimate of drug-likeness (QED) is 0.367. The second-order valence-corrected chi connectivity index (χ2v) is 7.45. The van der Waals surface area contributed by atoms with Crippen molar-refractivity contribution in [1.82, 2.24) is 0 Å². The summed E-state index contributed by atoms with van der Waals surface area (Å²) in [7, 11) is 1.52. The van der Waals surface area contributed by atoms with E-state index in [-0.39, 0.29) is 22.5 Å². The monoisotopic (exact) mass is 446 g/mol. The van der Waals surface area contributed by atoms with Crippen molar-refractivity contribution in [2.45, 2.75) is 37.6 Å². The van der Waals surface area contributed by atoms with E-state index in [0.717, 1.165) is 6.07 Å². The molecule has 1 saturated heterocycles. The molecule has 5 N–H and O–H groups in total. The number of aromatic hydroxyl groups is 2. The Balaban J connectivity index is 1.75. The van der Waals surface area contributed by atoms with Gasteiger partial charge in [0, 0.05) is 17.7 Å². The Kier molecular flexibility index (Phi) is 5.70. The standard InChI is InChI=1S/C22H22O10/c1-9-17(24)20(27)21(28)22(30-9)32-15-8-14-16(19(26)18(15)25)12(23)7-13(31-14)10-3-5-11(29-2)6-4-10/h3-9,17,20-22,24-28H,1-2H3. The zero-order chi connectivity index (χ0) is 23.2. The molecule has 1 aliphatic heterocycles. The van der Waals surface area contributed by atoms with Crippen LogP contribution in [0.1, 0.15) is 6.92 Å². The molecule has 0 spiro atoms. The van der Waals surface area contributed by atoms with Gasteiger partial charge in [0.15, 0.2) is 16.9 Å². The zero-order valence-electron chi connectivity index (χ0n) is 17.1. The van der Waals surface area contributed by atoms with Crippen molar-refractivity contribution in [3.8, 4) is 34.3 Å². The molecule has 10 heteroatoms. The fourth-order valence-electron chi connectivity index (χ4n) is 3.49. The number of ether oxygens (including phenoxy) is 3. The van der Waals surface area contributed by atoms with E-state index >= 15 is 0 Å². The Morgan fingerprint density at radius 1 is 0.938 bits per heavy atom. The van der Waals surface area contributed by atoms with Crippen molar-refractivity contribution >= 4 is 11.0 Å². The molecule has 0 amide bonds. The summed E-state index contributed by atoms with van der Waals surface area (Å²) in [4.78, 5) is 12.6. The van der Waals surface area contributed by atoms with Gasteiger partial charge in [0.05, 0.1) is 13.2 Å². The first-order valence-corrected chi connectivity index (χ1v) is 9.74. The molecule has 1 aliphatic rings. The van der Waals surface area contributed by atoms with Crippen molar-refractivity contribution in [2.75, 3.05) is 7.11 Å². The fourth-order valence-corrected chi connectivity index (χ4v) is 3.49. The summed E-state index contributed by atoms with van der Waals surface area (Å²) in [6, 6.07) is 9.08. The molecular formula is C22H22O10. The number of phenolic OH excluding ortho intramolecular Hbond substituents is 2. The number of benzene rings is 2. The average Bonchev–Trinajstić information content (AvgIpc) is 2.78.